The van der Waals surface area contributed by atoms with Crippen LogP contribution in [0.1, 0.15) is 61.2 Å². The Hall–Kier alpha value is -4.67. The number of hydrogen-bond donors (Lipinski definition) is 4. The predicted molar refractivity (Wildman–Crippen MR) is 187 cm³/mol. The van der Waals surface area contributed by atoms with Gasteiger partial charge in [0.2, 0.25) is 0 Å². The van der Waals surface area contributed by atoms with E-state index in [0.717, 1.165) is 44.9 Å². The first-order chi connectivity index (χ1) is 21.8. The highest BCUT2D eigenvalue weighted by Crippen LogP contribution is 2.43. The van der Waals surface area contributed by atoms with Gasteiger partial charge in [-0.25, -0.2) is 0 Å². The van der Waals surface area contributed by atoms with Crippen LogP contribution in [0.15, 0.2) is 48.6 Å². The minimum absolute atomic E-state index is 0.545. The van der Waals surface area contributed by atoms with Crippen LogP contribution in [-0.4, -0.2) is 40.4 Å². The first kappa shape index (κ1) is 31.3. The molecule has 0 unspecified atom stereocenters. The topological polar surface area (TPSA) is 98.0 Å². The summed E-state index contributed by atoms with van der Waals surface area (Å²) >= 11 is 0. The Kier molecular flexibility index (Phi) is 8.12. The summed E-state index contributed by atoms with van der Waals surface area (Å²) in [6, 6.07) is 13.0. The number of rotatable bonds is 7. The van der Waals surface area contributed by atoms with Gasteiger partial charge in [0.05, 0.1) is 24.5 Å². The molecule has 0 amide bonds. The second-order valence-corrected chi connectivity index (χ2v) is 12.8. The lowest BCUT2D eigenvalue weighted by Gasteiger charge is -2.27. The molecule has 6 rings (SSSR count). The van der Waals surface area contributed by atoms with Crippen LogP contribution in [0.3, 0.4) is 0 Å². The second-order valence-electron chi connectivity index (χ2n) is 12.8. The van der Waals surface area contributed by atoms with E-state index < -0.39 is 7.32 Å². The summed E-state index contributed by atoms with van der Waals surface area (Å²) in [6.07, 6.45) is 4.35. The molecule has 0 bridgehead atoms. The fourth-order valence-electron chi connectivity index (χ4n) is 7.39. The van der Waals surface area contributed by atoms with E-state index in [-0.39, 0.29) is 0 Å². The molecule has 2 aliphatic rings. The van der Waals surface area contributed by atoms with E-state index in [4.69, 9.17) is 9.85 Å². The van der Waals surface area contributed by atoms with Crippen molar-refractivity contribution in [1.29, 1.82) is 0 Å². The van der Waals surface area contributed by atoms with E-state index in [1.807, 2.05) is 5.01 Å². The summed E-state index contributed by atoms with van der Waals surface area (Å²) in [4.78, 5) is 1.25. The quantitative estimate of drug-likeness (QED) is 0.203. The van der Waals surface area contributed by atoms with Crippen LogP contribution in [0.4, 0.5) is 11.5 Å². The van der Waals surface area contributed by atoms with Gasteiger partial charge in [0.15, 0.2) is 5.82 Å². The van der Waals surface area contributed by atoms with Crippen molar-refractivity contribution >= 4 is 30.2 Å². The highest BCUT2D eigenvalue weighted by atomic mass is 16.7. The lowest BCUT2D eigenvalue weighted by molar-refractivity contribution is 0.144. The van der Waals surface area contributed by atoms with E-state index in [1.54, 1.807) is 0 Å². The van der Waals surface area contributed by atoms with Crippen LogP contribution >= 0.6 is 0 Å². The smallest absolute Gasteiger partial charge is 0.405 e. The maximum Gasteiger partial charge on any atom is 0.729 e. The average Bonchev–Trinajstić information content (AvgIpc) is 3.67. The van der Waals surface area contributed by atoms with Crippen LogP contribution in [0.2, 0.25) is 0 Å². The van der Waals surface area contributed by atoms with E-state index in [2.05, 4.69) is 127 Å². The van der Waals surface area contributed by atoms with Gasteiger partial charge < -0.3 is 14.8 Å². The SMILES string of the molecule is Cc1cc(C)c(C2=CCN(c3nn(OB(O)O)c(-c4c(C)cc(C)cc4C)c3N3CC=C(c4c(C)cc(C)cc4C)N3)N2)c(C)c1. The molecule has 0 aliphatic carbocycles. The molecule has 4 aromatic rings. The highest BCUT2D eigenvalue weighted by Gasteiger charge is 2.35. The van der Waals surface area contributed by atoms with Crippen molar-refractivity contribution in [1.82, 2.24) is 20.8 Å². The summed E-state index contributed by atoms with van der Waals surface area (Å²) in [7, 11) is -2.07. The molecule has 0 atom stereocenters. The van der Waals surface area contributed by atoms with E-state index in [9.17, 15) is 10.0 Å². The van der Waals surface area contributed by atoms with Crippen molar-refractivity contribution in [2.75, 3.05) is 23.1 Å². The third kappa shape index (κ3) is 5.63. The van der Waals surface area contributed by atoms with Crippen molar-refractivity contribution in [2.45, 2.75) is 62.3 Å². The molecular formula is C36H43BN6O3. The highest BCUT2D eigenvalue weighted by molar-refractivity contribution is 6.32. The van der Waals surface area contributed by atoms with Gasteiger partial charge in [-0.2, -0.15) is 0 Å². The third-order valence-electron chi connectivity index (χ3n) is 8.81. The van der Waals surface area contributed by atoms with Crippen LogP contribution in [-0.2, 0) is 0 Å². The maximum absolute atomic E-state index is 10.0. The second kappa shape index (κ2) is 11.9. The van der Waals surface area contributed by atoms with Gasteiger partial charge in [-0.05, 0) is 108 Å². The Labute approximate surface area is 271 Å². The van der Waals surface area contributed by atoms with Crippen molar-refractivity contribution in [3.8, 4) is 11.3 Å². The Morgan fingerprint density at radius 3 is 1.43 bits per heavy atom. The summed E-state index contributed by atoms with van der Waals surface area (Å²) < 4.78 is 5.58. The molecular weight excluding hydrogens is 575 g/mol. The lowest BCUT2D eigenvalue weighted by atomic mass is 9.96. The fourth-order valence-corrected chi connectivity index (χ4v) is 7.39. The molecule has 4 N–H and O–H groups in total. The maximum atomic E-state index is 10.0. The average molecular weight is 619 g/mol. The molecule has 3 heterocycles. The summed E-state index contributed by atoms with van der Waals surface area (Å²) in [5.74, 6) is 0.586. The zero-order valence-corrected chi connectivity index (χ0v) is 28.2. The van der Waals surface area contributed by atoms with Crippen molar-refractivity contribution < 1.29 is 14.8 Å². The number of hydrogen-bond acceptors (Lipinski definition) is 8. The molecule has 238 valence electrons. The Morgan fingerprint density at radius 1 is 0.609 bits per heavy atom. The zero-order valence-electron chi connectivity index (χ0n) is 28.2. The van der Waals surface area contributed by atoms with Gasteiger partial charge in [-0.1, -0.05) is 53.1 Å². The molecule has 0 spiro atoms. The molecule has 0 saturated heterocycles. The van der Waals surface area contributed by atoms with Gasteiger partial charge in [0.25, 0.3) is 0 Å². The molecule has 0 saturated carbocycles. The predicted octanol–water partition coefficient (Wildman–Crippen LogP) is 5.46. The summed E-state index contributed by atoms with van der Waals surface area (Å²) in [5.41, 5.74) is 24.4. The molecule has 0 radical (unpaired) electrons. The Morgan fingerprint density at radius 2 is 1.00 bits per heavy atom. The number of aryl methyl sites for hydroxylation is 9. The minimum atomic E-state index is -2.07. The first-order valence-electron chi connectivity index (χ1n) is 15.7. The molecule has 46 heavy (non-hydrogen) atoms. The van der Waals surface area contributed by atoms with Crippen molar-refractivity contribution in [3.63, 3.8) is 0 Å². The summed E-state index contributed by atoms with van der Waals surface area (Å²) in [6.45, 7) is 20.1. The van der Waals surface area contributed by atoms with E-state index >= 15 is 0 Å². The molecule has 2 aliphatic heterocycles. The van der Waals surface area contributed by atoms with Crippen LogP contribution < -0.4 is 25.6 Å². The standard InChI is InChI=1S/C36H43BN6O3/c1-20-14-23(4)31(24(5)15-20)29-10-12-41(38-29)35-34(33-27(8)18-22(3)19-28(33)9)43(46-37(44)45)40-36(35)42-13-11-30(39-42)32-25(6)16-21(2)17-26(32)7/h10-11,14-19,38-39,44-45H,12-13H2,1-9H3. The van der Waals surface area contributed by atoms with Crippen LogP contribution in [0.25, 0.3) is 22.7 Å². The Bertz CT molecular complexity index is 1860. The number of nitrogens with one attached hydrogen (secondary N) is 2. The van der Waals surface area contributed by atoms with Crippen LogP contribution in [0, 0.1) is 62.3 Å². The molecule has 3 aromatic carbocycles. The third-order valence-corrected chi connectivity index (χ3v) is 8.81. The van der Waals surface area contributed by atoms with Crippen molar-refractivity contribution in [3.05, 3.63) is 110 Å². The van der Waals surface area contributed by atoms with E-state index in [1.165, 1.54) is 43.8 Å². The molecule has 10 heteroatoms. The number of benzene rings is 3. The number of anilines is 2. The van der Waals surface area contributed by atoms with Crippen molar-refractivity contribution in [2.24, 2.45) is 0 Å². The first-order valence-corrected chi connectivity index (χ1v) is 15.7. The van der Waals surface area contributed by atoms with Gasteiger partial charge in [-0.3, -0.25) is 20.9 Å². The molecule has 9 nitrogen and oxygen atoms in total. The molecule has 0 fully saturated rings. The monoisotopic (exact) mass is 618 g/mol. The normalized spacial score (nSPS) is 14.3. The van der Waals surface area contributed by atoms with E-state index in [0.29, 0.717) is 24.6 Å². The lowest BCUT2D eigenvalue weighted by Crippen LogP contribution is -2.37. The fraction of sp³-hybridized carbons (Fsp3) is 0.306. The van der Waals surface area contributed by atoms with Gasteiger partial charge >= 0.3 is 7.32 Å². The van der Waals surface area contributed by atoms with Gasteiger partial charge in [0, 0.05) is 16.7 Å². The minimum Gasteiger partial charge on any atom is -0.405 e. The Balaban J connectivity index is 1.49. The van der Waals surface area contributed by atoms with Gasteiger partial charge in [-0.15, -0.1) is 9.94 Å². The molecule has 1 aromatic heterocycles. The largest absolute Gasteiger partial charge is 0.729 e. The van der Waals surface area contributed by atoms with Crippen LogP contribution in [0.5, 0.6) is 0 Å². The zero-order chi connectivity index (χ0) is 33.0. The summed E-state index contributed by atoms with van der Waals surface area (Å²) in [5, 5.41) is 29.0. The number of aromatic nitrogens is 2. The number of nitrogens with zero attached hydrogens (tertiary/aromatic N) is 4. The van der Waals surface area contributed by atoms with Gasteiger partial charge in [0.1, 0.15) is 11.4 Å². The number of hydrazine groups is 2.